The van der Waals surface area contributed by atoms with Crippen LogP contribution in [0.15, 0.2) is 24.3 Å². The normalized spacial score (nSPS) is 11.5. The molecule has 0 saturated carbocycles. The van der Waals surface area contributed by atoms with Gasteiger partial charge in [-0.25, -0.2) is 0 Å². The third-order valence-corrected chi connectivity index (χ3v) is 6.95. The molecular weight excluding hydrogens is 404 g/mol. The van der Waals surface area contributed by atoms with E-state index in [-0.39, 0.29) is 5.92 Å². The summed E-state index contributed by atoms with van der Waals surface area (Å²) in [5.41, 5.74) is 6.80. The van der Waals surface area contributed by atoms with Crippen LogP contribution >= 0.6 is 0 Å². The van der Waals surface area contributed by atoms with E-state index in [1.807, 2.05) is 0 Å². The van der Waals surface area contributed by atoms with Gasteiger partial charge in [0.05, 0.1) is 0 Å². The second-order valence-corrected chi connectivity index (χ2v) is 9.76. The van der Waals surface area contributed by atoms with E-state index in [2.05, 4.69) is 58.9 Å². The highest BCUT2D eigenvalue weighted by atomic mass is 16.3. The molecule has 0 atom stereocenters. The van der Waals surface area contributed by atoms with Crippen LogP contribution in [-0.2, 0) is 25.7 Å². The Morgan fingerprint density at radius 1 is 0.545 bits per heavy atom. The summed E-state index contributed by atoms with van der Waals surface area (Å²) < 4.78 is 0. The molecule has 0 aliphatic rings. The lowest BCUT2D eigenvalue weighted by Gasteiger charge is -2.24. The predicted octanol–water partition coefficient (Wildman–Crippen LogP) is 9.01. The van der Waals surface area contributed by atoms with Crippen LogP contribution in [0, 0.1) is 0 Å². The average Bonchev–Trinajstić information content (AvgIpc) is 2.82. The first-order valence-corrected chi connectivity index (χ1v) is 13.7. The van der Waals surface area contributed by atoms with E-state index in [0.717, 1.165) is 92.9 Å². The standard InChI is InChI=1S/C31H48O2/c1-6-11-15-23-19-25(17-13-8-3)30(32)28(21-23)27(10-5)29-22-24(16-12-7-2)20-26(31(29)33)18-14-9-4/h19-22,27,32-33H,6-18H2,1-5H3. The number of hydrogen-bond acceptors (Lipinski definition) is 2. The van der Waals surface area contributed by atoms with Gasteiger partial charge in [-0.2, -0.15) is 0 Å². The van der Waals surface area contributed by atoms with Gasteiger partial charge in [-0.1, -0.05) is 84.6 Å². The van der Waals surface area contributed by atoms with Gasteiger partial charge in [0.15, 0.2) is 0 Å². The Morgan fingerprint density at radius 3 is 1.24 bits per heavy atom. The minimum absolute atomic E-state index is 0.00825. The van der Waals surface area contributed by atoms with E-state index in [0.29, 0.717) is 11.5 Å². The Labute approximate surface area is 203 Å². The molecule has 2 aromatic rings. The van der Waals surface area contributed by atoms with Gasteiger partial charge in [-0.15, -0.1) is 0 Å². The molecular formula is C31H48O2. The smallest absolute Gasteiger partial charge is 0.122 e. The first kappa shape index (κ1) is 27.3. The maximum atomic E-state index is 11.4. The summed E-state index contributed by atoms with van der Waals surface area (Å²) in [4.78, 5) is 0. The molecule has 0 saturated heterocycles. The minimum Gasteiger partial charge on any atom is -0.507 e. The summed E-state index contributed by atoms with van der Waals surface area (Å²) in [6.07, 6.45) is 13.8. The first-order valence-electron chi connectivity index (χ1n) is 13.7. The number of hydrogen-bond donors (Lipinski definition) is 2. The Balaban J connectivity index is 2.61. The maximum absolute atomic E-state index is 11.4. The Bertz CT molecular complexity index is 783. The Morgan fingerprint density at radius 2 is 0.909 bits per heavy atom. The zero-order chi connectivity index (χ0) is 24.2. The number of rotatable bonds is 15. The third-order valence-electron chi connectivity index (χ3n) is 6.95. The summed E-state index contributed by atoms with van der Waals surface area (Å²) in [5, 5.41) is 22.7. The van der Waals surface area contributed by atoms with Crippen molar-refractivity contribution in [3.63, 3.8) is 0 Å². The summed E-state index contributed by atoms with van der Waals surface area (Å²) in [7, 11) is 0. The molecule has 0 radical (unpaired) electrons. The van der Waals surface area contributed by atoms with Gasteiger partial charge in [-0.05, 0) is 80.0 Å². The van der Waals surface area contributed by atoms with Crippen LogP contribution in [0.25, 0.3) is 0 Å². The molecule has 0 bridgehead atoms. The topological polar surface area (TPSA) is 40.5 Å². The maximum Gasteiger partial charge on any atom is 0.122 e. The van der Waals surface area contributed by atoms with Crippen LogP contribution < -0.4 is 0 Å². The molecule has 0 fully saturated rings. The zero-order valence-electron chi connectivity index (χ0n) is 22.0. The van der Waals surface area contributed by atoms with Crippen molar-refractivity contribution >= 4 is 0 Å². The second-order valence-electron chi connectivity index (χ2n) is 9.76. The van der Waals surface area contributed by atoms with E-state index in [4.69, 9.17) is 0 Å². The summed E-state index contributed by atoms with van der Waals surface area (Å²) in [6, 6.07) is 8.89. The van der Waals surface area contributed by atoms with Crippen LogP contribution in [0.3, 0.4) is 0 Å². The van der Waals surface area contributed by atoms with E-state index in [1.54, 1.807) is 0 Å². The van der Waals surface area contributed by atoms with Crippen molar-refractivity contribution in [1.29, 1.82) is 0 Å². The van der Waals surface area contributed by atoms with Gasteiger partial charge in [0.25, 0.3) is 0 Å². The molecule has 184 valence electrons. The van der Waals surface area contributed by atoms with Gasteiger partial charge >= 0.3 is 0 Å². The van der Waals surface area contributed by atoms with Crippen molar-refractivity contribution < 1.29 is 10.2 Å². The first-order chi connectivity index (χ1) is 16.0. The lowest BCUT2D eigenvalue weighted by atomic mass is 9.82. The third kappa shape index (κ3) is 7.52. The van der Waals surface area contributed by atoms with Gasteiger partial charge in [0.1, 0.15) is 11.5 Å². The molecule has 2 rings (SSSR count). The fourth-order valence-corrected chi connectivity index (χ4v) is 4.88. The van der Waals surface area contributed by atoms with E-state index in [1.165, 1.54) is 24.0 Å². The average molecular weight is 453 g/mol. The number of unbranched alkanes of at least 4 members (excludes halogenated alkanes) is 4. The molecule has 0 heterocycles. The molecule has 2 heteroatoms. The zero-order valence-corrected chi connectivity index (χ0v) is 22.0. The SMILES string of the molecule is CCCCc1cc(CCCC)c(O)c(C(CC)c2cc(CCCC)cc(CCCC)c2O)c1. The van der Waals surface area contributed by atoms with Gasteiger partial charge in [0, 0.05) is 17.0 Å². The van der Waals surface area contributed by atoms with Crippen molar-refractivity contribution in [2.75, 3.05) is 0 Å². The van der Waals surface area contributed by atoms with Crippen molar-refractivity contribution in [3.8, 4) is 11.5 Å². The fourth-order valence-electron chi connectivity index (χ4n) is 4.88. The van der Waals surface area contributed by atoms with Crippen LogP contribution in [0.1, 0.15) is 132 Å². The Kier molecular flexibility index (Phi) is 11.9. The molecule has 0 aliphatic heterocycles. The van der Waals surface area contributed by atoms with Gasteiger partial charge < -0.3 is 10.2 Å². The number of aromatic hydroxyl groups is 2. The van der Waals surface area contributed by atoms with Gasteiger partial charge in [-0.3, -0.25) is 0 Å². The highest BCUT2D eigenvalue weighted by Crippen LogP contribution is 2.42. The summed E-state index contributed by atoms with van der Waals surface area (Å²) in [6.45, 7) is 11.0. The molecule has 0 unspecified atom stereocenters. The van der Waals surface area contributed by atoms with E-state index in [9.17, 15) is 10.2 Å². The van der Waals surface area contributed by atoms with Gasteiger partial charge in [0.2, 0.25) is 0 Å². The molecule has 2 aromatic carbocycles. The predicted molar refractivity (Wildman–Crippen MR) is 143 cm³/mol. The van der Waals surface area contributed by atoms with Crippen molar-refractivity contribution in [2.45, 2.75) is 124 Å². The van der Waals surface area contributed by atoms with Crippen LogP contribution in [0.2, 0.25) is 0 Å². The quantitative estimate of drug-likeness (QED) is 0.283. The van der Waals surface area contributed by atoms with Crippen LogP contribution in [0.5, 0.6) is 11.5 Å². The summed E-state index contributed by atoms with van der Waals surface area (Å²) >= 11 is 0. The molecule has 33 heavy (non-hydrogen) atoms. The van der Waals surface area contributed by atoms with Crippen molar-refractivity contribution in [3.05, 3.63) is 57.6 Å². The summed E-state index contributed by atoms with van der Waals surface area (Å²) in [5.74, 6) is 0.905. The lowest BCUT2D eigenvalue weighted by Crippen LogP contribution is -2.06. The van der Waals surface area contributed by atoms with Crippen LogP contribution in [0.4, 0.5) is 0 Å². The molecule has 0 spiro atoms. The molecule has 0 aliphatic carbocycles. The van der Waals surface area contributed by atoms with Crippen molar-refractivity contribution in [1.82, 2.24) is 0 Å². The number of benzene rings is 2. The minimum atomic E-state index is 0.00825. The number of aryl methyl sites for hydroxylation is 4. The highest BCUT2D eigenvalue weighted by Gasteiger charge is 2.24. The largest absolute Gasteiger partial charge is 0.507 e. The van der Waals surface area contributed by atoms with E-state index < -0.39 is 0 Å². The molecule has 2 nitrogen and oxygen atoms in total. The van der Waals surface area contributed by atoms with Crippen molar-refractivity contribution in [2.24, 2.45) is 0 Å². The number of phenolic OH excluding ortho intramolecular Hbond substituents is 2. The lowest BCUT2D eigenvalue weighted by molar-refractivity contribution is 0.444. The second kappa shape index (κ2) is 14.3. The Hall–Kier alpha value is -1.96. The molecule has 2 N–H and O–H groups in total. The highest BCUT2D eigenvalue weighted by molar-refractivity contribution is 5.54. The van der Waals surface area contributed by atoms with Crippen LogP contribution in [-0.4, -0.2) is 10.2 Å². The fraction of sp³-hybridized carbons (Fsp3) is 0.613. The molecule has 0 amide bonds. The monoisotopic (exact) mass is 452 g/mol. The van der Waals surface area contributed by atoms with E-state index >= 15 is 0 Å². The molecule has 0 aromatic heterocycles. The number of phenols is 2.